The number of carbonyl (C=O) groups excluding carboxylic acids is 1. The van der Waals surface area contributed by atoms with E-state index in [9.17, 15) is 13.2 Å². The predicted molar refractivity (Wildman–Crippen MR) is 130 cm³/mol. The van der Waals surface area contributed by atoms with Gasteiger partial charge in [0.05, 0.1) is 5.25 Å². The van der Waals surface area contributed by atoms with Gasteiger partial charge < -0.3 is 22.1 Å². The summed E-state index contributed by atoms with van der Waals surface area (Å²) in [6.45, 7) is 0.858. The number of anilines is 3. The van der Waals surface area contributed by atoms with Gasteiger partial charge in [0.15, 0.2) is 0 Å². The Bertz CT molecular complexity index is 1200. The van der Waals surface area contributed by atoms with Crippen molar-refractivity contribution >= 4 is 33.4 Å². The van der Waals surface area contributed by atoms with Crippen LogP contribution in [-0.2, 0) is 23.0 Å². The second kappa shape index (κ2) is 9.12. The van der Waals surface area contributed by atoms with Crippen molar-refractivity contribution in [3.63, 3.8) is 0 Å². The van der Waals surface area contributed by atoms with Gasteiger partial charge in [0, 0.05) is 37.1 Å². The summed E-state index contributed by atoms with van der Waals surface area (Å²) in [4.78, 5) is 20.8. The Labute approximate surface area is 199 Å². The number of rotatable bonds is 7. The van der Waals surface area contributed by atoms with E-state index in [2.05, 4.69) is 20.6 Å². The summed E-state index contributed by atoms with van der Waals surface area (Å²) in [6, 6.07) is 5.91. The fraction of sp³-hybridized carbons (Fsp3) is 0.522. The Kier molecular flexibility index (Phi) is 6.17. The summed E-state index contributed by atoms with van der Waals surface area (Å²) in [5.41, 5.74) is 14.7. The molecule has 182 valence electrons. The van der Waals surface area contributed by atoms with E-state index in [1.165, 1.54) is 6.20 Å². The first kappa shape index (κ1) is 23.0. The standard InChI is InChI=1S/C23H31N7O3S/c24-19-3-1-2-4-20(19)28-23-26-12-18(21(25)31)22(29-23)27-16-6-5-14-9-10-30(13-15(14)11-16)34(32,33)17-7-8-17/h5-6,11-12,17,19-20H,1-4,7-10,13,24H2,(H2,25,31)(H2,26,27,28,29)/t19-,20+/m0/s1. The highest BCUT2D eigenvalue weighted by atomic mass is 32.2. The van der Waals surface area contributed by atoms with Gasteiger partial charge in [-0.15, -0.1) is 0 Å². The van der Waals surface area contributed by atoms with Crippen molar-refractivity contribution in [2.24, 2.45) is 11.5 Å². The van der Waals surface area contributed by atoms with Crippen LogP contribution in [0.25, 0.3) is 0 Å². The second-order valence-electron chi connectivity index (χ2n) is 9.46. The van der Waals surface area contributed by atoms with Gasteiger partial charge >= 0.3 is 0 Å². The molecule has 2 aliphatic carbocycles. The van der Waals surface area contributed by atoms with Crippen LogP contribution in [0.4, 0.5) is 17.5 Å². The van der Waals surface area contributed by atoms with Gasteiger partial charge in [0.1, 0.15) is 11.4 Å². The fourth-order valence-electron chi connectivity index (χ4n) is 4.77. The summed E-state index contributed by atoms with van der Waals surface area (Å²) in [6.07, 6.45) is 7.69. The molecule has 2 atom stereocenters. The van der Waals surface area contributed by atoms with Crippen molar-refractivity contribution in [1.29, 1.82) is 0 Å². The molecule has 2 aromatic rings. The van der Waals surface area contributed by atoms with Gasteiger partial charge in [-0.2, -0.15) is 9.29 Å². The molecule has 6 N–H and O–H groups in total. The maximum absolute atomic E-state index is 12.7. The van der Waals surface area contributed by atoms with Crippen molar-refractivity contribution < 1.29 is 13.2 Å². The number of amides is 1. The number of hydrogen-bond acceptors (Lipinski definition) is 8. The van der Waals surface area contributed by atoms with E-state index in [1.807, 2.05) is 18.2 Å². The van der Waals surface area contributed by atoms with E-state index >= 15 is 0 Å². The van der Waals surface area contributed by atoms with Gasteiger partial charge in [-0.05, 0) is 55.4 Å². The first-order valence-corrected chi connectivity index (χ1v) is 13.4. The molecule has 1 aromatic carbocycles. The maximum atomic E-state index is 12.7. The Morgan fingerprint density at radius 3 is 2.65 bits per heavy atom. The van der Waals surface area contributed by atoms with E-state index in [-0.39, 0.29) is 22.9 Å². The number of carbonyl (C=O) groups is 1. The van der Waals surface area contributed by atoms with Gasteiger partial charge in [-0.3, -0.25) is 4.79 Å². The normalized spacial score (nSPS) is 23.2. The van der Waals surface area contributed by atoms with Gasteiger partial charge in [-0.1, -0.05) is 18.9 Å². The summed E-state index contributed by atoms with van der Waals surface area (Å²) >= 11 is 0. The highest BCUT2D eigenvalue weighted by Crippen LogP contribution is 2.34. The zero-order valence-electron chi connectivity index (χ0n) is 19.0. The molecule has 2 heterocycles. The number of nitrogens with one attached hydrogen (secondary N) is 2. The summed E-state index contributed by atoms with van der Waals surface area (Å²) in [7, 11) is -3.23. The van der Waals surface area contributed by atoms with Gasteiger partial charge in [0.25, 0.3) is 5.91 Å². The zero-order chi connectivity index (χ0) is 23.9. The van der Waals surface area contributed by atoms with Crippen LogP contribution in [0.15, 0.2) is 24.4 Å². The third kappa shape index (κ3) is 4.73. The van der Waals surface area contributed by atoms with Gasteiger partial charge in [0.2, 0.25) is 16.0 Å². The molecular formula is C23H31N7O3S. The number of sulfonamides is 1. The van der Waals surface area contributed by atoms with Crippen molar-refractivity contribution in [2.45, 2.75) is 68.8 Å². The van der Waals surface area contributed by atoms with Crippen LogP contribution in [0.1, 0.15) is 60.0 Å². The molecule has 2 saturated carbocycles. The Morgan fingerprint density at radius 2 is 1.91 bits per heavy atom. The topological polar surface area (TPSA) is 156 Å². The van der Waals surface area contributed by atoms with Crippen molar-refractivity contribution in [3.05, 3.63) is 41.1 Å². The second-order valence-corrected chi connectivity index (χ2v) is 11.7. The molecule has 0 unspecified atom stereocenters. The van der Waals surface area contributed by atoms with Crippen molar-refractivity contribution in [2.75, 3.05) is 17.2 Å². The molecule has 5 rings (SSSR count). The lowest BCUT2D eigenvalue weighted by molar-refractivity contribution is 0.100. The minimum absolute atomic E-state index is 0.0279. The van der Waals surface area contributed by atoms with Crippen LogP contribution in [0, 0.1) is 0 Å². The number of primary amides is 1. The monoisotopic (exact) mass is 485 g/mol. The number of aromatic nitrogens is 2. The first-order valence-electron chi connectivity index (χ1n) is 11.9. The van der Waals surface area contributed by atoms with Crippen LogP contribution in [0.5, 0.6) is 0 Å². The van der Waals surface area contributed by atoms with Crippen LogP contribution in [-0.4, -0.2) is 52.5 Å². The molecule has 0 bridgehead atoms. The molecule has 0 spiro atoms. The Morgan fingerprint density at radius 1 is 1.12 bits per heavy atom. The van der Waals surface area contributed by atoms with E-state index in [4.69, 9.17) is 11.5 Å². The van der Waals surface area contributed by atoms with Crippen LogP contribution < -0.4 is 22.1 Å². The summed E-state index contributed by atoms with van der Waals surface area (Å²) < 4.78 is 27.0. The molecule has 0 radical (unpaired) electrons. The predicted octanol–water partition coefficient (Wildman–Crippen LogP) is 1.85. The molecule has 1 aliphatic heterocycles. The first-order chi connectivity index (χ1) is 16.3. The molecule has 1 amide bonds. The smallest absolute Gasteiger partial charge is 0.254 e. The minimum atomic E-state index is -3.23. The lowest BCUT2D eigenvalue weighted by atomic mass is 9.91. The number of fused-ring (bicyclic) bond motifs is 1. The quantitative estimate of drug-likeness (QED) is 0.463. The minimum Gasteiger partial charge on any atom is -0.365 e. The molecule has 10 nitrogen and oxygen atoms in total. The van der Waals surface area contributed by atoms with Crippen LogP contribution >= 0.6 is 0 Å². The molecule has 3 aliphatic rings. The number of hydrogen-bond donors (Lipinski definition) is 4. The highest BCUT2D eigenvalue weighted by molar-refractivity contribution is 7.90. The molecule has 0 saturated heterocycles. The Balaban J connectivity index is 1.37. The SMILES string of the molecule is NC(=O)c1cnc(N[C@@H]2CCCC[C@@H]2N)nc1Nc1ccc2c(c1)CN(S(=O)(=O)C1CC1)CC2. The van der Waals surface area contributed by atoms with Crippen LogP contribution in [0.3, 0.4) is 0 Å². The zero-order valence-corrected chi connectivity index (χ0v) is 19.9. The van der Waals surface area contributed by atoms with E-state index in [0.717, 1.165) is 49.7 Å². The highest BCUT2D eigenvalue weighted by Gasteiger charge is 2.41. The molecule has 11 heteroatoms. The third-order valence-electron chi connectivity index (χ3n) is 6.94. The Hall–Kier alpha value is -2.76. The maximum Gasteiger partial charge on any atom is 0.254 e. The lowest BCUT2D eigenvalue weighted by Crippen LogP contribution is -2.43. The molecule has 2 fully saturated rings. The van der Waals surface area contributed by atoms with Gasteiger partial charge in [-0.25, -0.2) is 13.4 Å². The average Bonchev–Trinajstić information content (AvgIpc) is 3.66. The largest absolute Gasteiger partial charge is 0.365 e. The van der Waals surface area contributed by atoms with Crippen molar-refractivity contribution in [1.82, 2.24) is 14.3 Å². The fourth-order valence-corrected chi connectivity index (χ4v) is 6.59. The number of nitrogens with two attached hydrogens (primary N) is 2. The van der Waals surface area contributed by atoms with Crippen molar-refractivity contribution in [3.8, 4) is 0 Å². The van der Waals surface area contributed by atoms with E-state index < -0.39 is 15.9 Å². The molecular weight excluding hydrogens is 454 g/mol. The summed E-state index contributed by atoms with van der Waals surface area (Å²) in [5, 5.41) is 6.27. The average molecular weight is 486 g/mol. The summed E-state index contributed by atoms with van der Waals surface area (Å²) in [5.74, 6) is 0.0465. The van der Waals surface area contributed by atoms with E-state index in [1.54, 1.807) is 4.31 Å². The number of nitrogens with zero attached hydrogens (tertiary/aromatic N) is 3. The number of benzene rings is 1. The third-order valence-corrected chi connectivity index (χ3v) is 9.29. The van der Waals surface area contributed by atoms with Crippen LogP contribution in [0.2, 0.25) is 0 Å². The molecule has 34 heavy (non-hydrogen) atoms. The van der Waals surface area contributed by atoms with E-state index in [0.29, 0.717) is 37.0 Å². The lowest BCUT2D eigenvalue weighted by Gasteiger charge is -2.29. The molecule has 1 aromatic heterocycles.